The average molecular weight is 345 g/mol. The van der Waals surface area contributed by atoms with Gasteiger partial charge in [-0.15, -0.1) is 0 Å². The lowest BCUT2D eigenvalue weighted by Crippen LogP contribution is -2.10. The van der Waals surface area contributed by atoms with Crippen LogP contribution in [-0.4, -0.2) is 35.0 Å². The summed E-state index contributed by atoms with van der Waals surface area (Å²) >= 11 is 0. The molecule has 0 N–H and O–H groups in total. The van der Waals surface area contributed by atoms with Crippen molar-refractivity contribution in [2.75, 3.05) is 12.0 Å². The van der Waals surface area contributed by atoms with E-state index in [-0.39, 0.29) is 5.75 Å². The zero-order valence-corrected chi connectivity index (χ0v) is 15.0. The third kappa shape index (κ3) is 3.59. The number of unbranched alkanes of at least 4 members (excludes halogenated alkanes) is 1. The van der Waals surface area contributed by atoms with Gasteiger partial charge in [0, 0.05) is 24.6 Å². The summed E-state index contributed by atoms with van der Waals surface area (Å²) in [5.74, 6) is 1.22. The number of imidazole rings is 1. The summed E-state index contributed by atoms with van der Waals surface area (Å²) in [6.07, 6.45) is 6.78. The first-order valence-corrected chi connectivity index (χ1v) is 10.5. The van der Waals surface area contributed by atoms with Crippen LogP contribution < -0.4 is 0 Å². The van der Waals surface area contributed by atoms with Crippen molar-refractivity contribution in [2.24, 2.45) is 0 Å². The van der Waals surface area contributed by atoms with Gasteiger partial charge >= 0.3 is 0 Å². The van der Waals surface area contributed by atoms with E-state index in [2.05, 4.69) is 22.5 Å². The SMILES string of the molecule is CCCCc1nc2cnc3ccccc3c2n1CCCS(C)(=O)=O. The van der Waals surface area contributed by atoms with Gasteiger partial charge in [0.25, 0.3) is 0 Å². The molecule has 3 rings (SSSR count). The third-order valence-corrected chi connectivity index (χ3v) is 5.24. The standard InChI is InChI=1S/C18H23N3O2S/c1-3-4-10-17-20-16-13-19-15-9-6-5-8-14(15)18(16)21(17)11-7-12-24(2,22)23/h5-6,8-9,13H,3-4,7,10-12H2,1-2H3. The molecule has 0 atom stereocenters. The molecule has 0 amide bonds. The van der Waals surface area contributed by atoms with Crippen LogP contribution in [0.15, 0.2) is 30.5 Å². The second-order valence-corrected chi connectivity index (χ2v) is 8.54. The molecule has 0 bridgehead atoms. The van der Waals surface area contributed by atoms with E-state index < -0.39 is 9.84 Å². The number of fused-ring (bicyclic) bond motifs is 3. The van der Waals surface area contributed by atoms with Crippen molar-refractivity contribution in [1.29, 1.82) is 0 Å². The number of pyridine rings is 1. The quantitative estimate of drug-likeness (QED) is 0.658. The molecule has 6 heteroatoms. The minimum Gasteiger partial charge on any atom is -0.327 e. The van der Waals surface area contributed by atoms with Gasteiger partial charge in [0.05, 0.1) is 23.0 Å². The molecular formula is C18H23N3O2S. The second-order valence-electron chi connectivity index (χ2n) is 6.28. The molecule has 0 unspecified atom stereocenters. The van der Waals surface area contributed by atoms with Gasteiger partial charge in [-0.1, -0.05) is 31.5 Å². The van der Waals surface area contributed by atoms with Crippen molar-refractivity contribution in [1.82, 2.24) is 14.5 Å². The van der Waals surface area contributed by atoms with E-state index in [1.165, 1.54) is 6.26 Å². The number of benzene rings is 1. The Morgan fingerprint density at radius 3 is 2.67 bits per heavy atom. The maximum Gasteiger partial charge on any atom is 0.147 e. The lowest BCUT2D eigenvalue weighted by Gasteiger charge is -2.10. The van der Waals surface area contributed by atoms with E-state index in [9.17, 15) is 8.42 Å². The Kier molecular flexibility index (Phi) is 4.85. The molecule has 2 aromatic heterocycles. The summed E-state index contributed by atoms with van der Waals surface area (Å²) in [6, 6.07) is 8.03. The third-order valence-electron chi connectivity index (χ3n) is 4.21. The molecule has 0 aliphatic heterocycles. The van der Waals surface area contributed by atoms with E-state index in [0.29, 0.717) is 13.0 Å². The Morgan fingerprint density at radius 2 is 1.92 bits per heavy atom. The molecule has 0 aliphatic rings. The Hall–Kier alpha value is -1.95. The number of hydrogen-bond donors (Lipinski definition) is 0. The Morgan fingerprint density at radius 1 is 1.12 bits per heavy atom. The molecule has 0 saturated carbocycles. The van der Waals surface area contributed by atoms with Crippen LogP contribution in [0.2, 0.25) is 0 Å². The summed E-state index contributed by atoms with van der Waals surface area (Å²) in [7, 11) is -2.95. The highest BCUT2D eigenvalue weighted by molar-refractivity contribution is 7.90. The molecular weight excluding hydrogens is 322 g/mol. The Balaban J connectivity index is 2.08. The highest BCUT2D eigenvalue weighted by atomic mass is 32.2. The van der Waals surface area contributed by atoms with E-state index in [1.807, 2.05) is 24.4 Å². The predicted molar refractivity (Wildman–Crippen MR) is 98.0 cm³/mol. The number of rotatable bonds is 7. The fourth-order valence-corrected chi connectivity index (χ4v) is 3.72. The van der Waals surface area contributed by atoms with Crippen LogP contribution in [0.25, 0.3) is 21.9 Å². The van der Waals surface area contributed by atoms with E-state index in [4.69, 9.17) is 4.98 Å². The van der Waals surface area contributed by atoms with Gasteiger partial charge in [0.15, 0.2) is 0 Å². The van der Waals surface area contributed by atoms with Crippen molar-refractivity contribution in [2.45, 2.75) is 39.2 Å². The molecule has 24 heavy (non-hydrogen) atoms. The molecule has 0 aliphatic carbocycles. The topological polar surface area (TPSA) is 64.8 Å². The molecule has 128 valence electrons. The monoisotopic (exact) mass is 345 g/mol. The van der Waals surface area contributed by atoms with E-state index >= 15 is 0 Å². The number of aryl methyl sites for hydroxylation is 2. The van der Waals surface area contributed by atoms with E-state index in [0.717, 1.165) is 47.0 Å². The van der Waals surface area contributed by atoms with E-state index in [1.54, 1.807) is 0 Å². The van der Waals surface area contributed by atoms with Crippen molar-refractivity contribution >= 4 is 31.8 Å². The number of hydrogen-bond acceptors (Lipinski definition) is 4. The first kappa shape index (κ1) is 16.9. The molecule has 5 nitrogen and oxygen atoms in total. The summed E-state index contributed by atoms with van der Waals surface area (Å²) in [5, 5.41) is 1.07. The Labute approximate surface area is 142 Å². The number of para-hydroxylation sites is 1. The summed E-state index contributed by atoms with van der Waals surface area (Å²) in [5.41, 5.74) is 2.90. The fraction of sp³-hybridized carbons (Fsp3) is 0.444. The second kappa shape index (κ2) is 6.89. The predicted octanol–water partition coefficient (Wildman–Crippen LogP) is 3.36. The van der Waals surface area contributed by atoms with Gasteiger partial charge in [0.2, 0.25) is 0 Å². The van der Waals surface area contributed by atoms with Gasteiger partial charge in [0.1, 0.15) is 21.2 Å². The normalized spacial score (nSPS) is 12.2. The zero-order chi connectivity index (χ0) is 17.2. The van der Waals surface area contributed by atoms with Crippen LogP contribution in [0, 0.1) is 0 Å². The molecule has 3 aromatic rings. The van der Waals surface area contributed by atoms with Gasteiger partial charge < -0.3 is 4.57 Å². The maximum absolute atomic E-state index is 11.5. The fourth-order valence-electron chi connectivity index (χ4n) is 3.06. The number of aromatic nitrogens is 3. The van der Waals surface area contributed by atoms with Gasteiger partial charge in [-0.3, -0.25) is 4.98 Å². The summed E-state index contributed by atoms with van der Waals surface area (Å²) < 4.78 is 25.1. The van der Waals surface area contributed by atoms with Crippen LogP contribution in [0.1, 0.15) is 32.0 Å². The van der Waals surface area contributed by atoms with Crippen molar-refractivity contribution < 1.29 is 8.42 Å². The van der Waals surface area contributed by atoms with Crippen molar-refractivity contribution in [3.05, 3.63) is 36.3 Å². The first-order valence-electron chi connectivity index (χ1n) is 8.40. The van der Waals surface area contributed by atoms with Crippen LogP contribution in [0.5, 0.6) is 0 Å². The first-order chi connectivity index (χ1) is 11.5. The minimum atomic E-state index is -2.95. The molecule has 0 spiro atoms. The van der Waals surface area contributed by atoms with Gasteiger partial charge in [-0.05, 0) is 18.9 Å². The maximum atomic E-state index is 11.5. The lowest BCUT2D eigenvalue weighted by atomic mass is 10.2. The molecule has 0 fully saturated rings. The van der Waals surface area contributed by atoms with Crippen LogP contribution >= 0.6 is 0 Å². The van der Waals surface area contributed by atoms with Crippen LogP contribution in [0.4, 0.5) is 0 Å². The zero-order valence-electron chi connectivity index (χ0n) is 14.2. The van der Waals surface area contributed by atoms with Gasteiger partial charge in [-0.2, -0.15) is 0 Å². The summed E-state index contributed by atoms with van der Waals surface area (Å²) in [6.45, 7) is 2.82. The number of nitrogens with zero attached hydrogens (tertiary/aromatic N) is 3. The van der Waals surface area contributed by atoms with Gasteiger partial charge in [-0.25, -0.2) is 13.4 Å². The lowest BCUT2D eigenvalue weighted by molar-refractivity contribution is 0.588. The van der Waals surface area contributed by atoms with Crippen molar-refractivity contribution in [3.63, 3.8) is 0 Å². The molecule has 0 radical (unpaired) electrons. The van der Waals surface area contributed by atoms with Crippen LogP contribution in [-0.2, 0) is 22.8 Å². The highest BCUT2D eigenvalue weighted by Gasteiger charge is 2.14. The molecule has 1 aromatic carbocycles. The Bertz CT molecular complexity index is 961. The van der Waals surface area contributed by atoms with Crippen molar-refractivity contribution in [3.8, 4) is 0 Å². The number of sulfone groups is 1. The minimum absolute atomic E-state index is 0.197. The smallest absolute Gasteiger partial charge is 0.147 e. The molecule has 2 heterocycles. The largest absolute Gasteiger partial charge is 0.327 e. The average Bonchev–Trinajstić information content (AvgIpc) is 2.90. The highest BCUT2D eigenvalue weighted by Crippen LogP contribution is 2.25. The van der Waals surface area contributed by atoms with Crippen LogP contribution in [0.3, 0.4) is 0 Å². The summed E-state index contributed by atoms with van der Waals surface area (Å²) in [4.78, 5) is 9.26. The molecule has 0 saturated heterocycles.